The van der Waals surface area contributed by atoms with E-state index < -0.39 is 0 Å². The predicted molar refractivity (Wildman–Crippen MR) is 73.4 cm³/mol. The number of halogens is 1. The molecule has 1 fully saturated rings. The molecule has 1 aliphatic heterocycles. The van der Waals surface area contributed by atoms with Crippen molar-refractivity contribution in [2.75, 3.05) is 19.6 Å². The Hall–Kier alpha value is -1.42. The van der Waals surface area contributed by atoms with E-state index in [9.17, 15) is 9.18 Å². The summed E-state index contributed by atoms with van der Waals surface area (Å²) in [6, 6.07) is 6.56. The van der Waals surface area contributed by atoms with Crippen molar-refractivity contribution in [1.29, 1.82) is 0 Å². The lowest BCUT2D eigenvalue weighted by Crippen LogP contribution is -2.40. The van der Waals surface area contributed by atoms with Crippen LogP contribution in [0.15, 0.2) is 24.3 Å². The molecule has 19 heavy (non-hydrogen) atoms. The zero-order valence-electron chi connectivity index (χ0n) is 11.4. The molecule has 0 radical (unpaired) electrons. The molecule has 1 amide bonds. The Kier molecular flexibility index (Phi) is 4.91. The molecule has 1 atom stereocenters. The molecule has 104 valence electrons. The number of hydrogen-bond acceptors (Lipinski definition) is 2. The van der Waals surface area contributed by atoms with E-state index >= 15 is 0 Å². The standard InChI is InChI=1S/C15H21FN2O/c1-2-18-9-3-4-14(18)11-17-15(19)10-12-5-7-13(16)8-6-12/h5-8,14H,2-4,9-11H2,1H3,(H,17,19)/t14-/m1/s1. The van der Waals surface area contributed by atoms with E-state index in [4.69, 9.17) is 0 Å². The fourth-order valence-corrected chi connectivity index (χ4v) is 2.62. The Morgan fingerprint density at radius 1 is 1.42 bits per heavy atom. The molecule has 1 saturated heterocycles. The van der Waals surface area contributed by atoms with Crippen LogP contribution in [0.25, 0.3) is 0 Å². The number of rotatable bonds is 5. The van der Waals surface area contributed by atoms with Gasteiger partial charge in [-0.05, 0) is 43.6 Å². The Balaban J connectivity index is 1.77. The maximum absolute atomic E-state index is 12.8. The maximum Gasteiger partial charge on any atom is 0.224 e. The summed E-state index contributed by atoms with van der Waals surface area (Å²) < 4.78 is 12.8. The number of hydrogen-bond donors (Lipinski definition) is 1. The van der Waals surface area contributed by atoms with Gasteiger partial charge in [0.15, 0.2) is 0 Å². The lowest BCUT2D eigenvalue weighted by Gasteiger charge is -2.22. The molecular formula is C15H21FN2O. The van der Waals surface area contributed by atoms with Crippen LogP contribution in [0, 0.1) is 5.82 Å². The van der Waals surface area contributed by atoms with E-state index in [1.807, 2.05) is 0 Å². The van der Waals surface area contributed by atoms with E-state index in [2.05, 4.69) is 17.1 Å². The van der Waals surface area contributed by atoms with Crippen molar-refractivity contribution in [3.8, 4) is 0 Å². The quantitative estimate of drug-likeness (QED) is 0.882. The van der Waals surface area contributed by atoms with Gasteiger partial charge in [0, 0.05) is 12.6 Å². The van der Waals surface area contributed by atoms with Gasteiger partial charge in [-0.3, -0.25) is 9.69 Å². The van der Waals surface area contributed by atoms with Gasteiger partial charge in [0.2, 0.25) is 5.91 Å². The molecule has 1 N–H and O–H groups in total. The highest BCUT2D eigenvalue weighted by atomic mass is 19.1. The molecule has 1 aliphatic rings. The Morgan fingerprint density at radius 3 is 2.84 bits per heavy atom. The highest BCUT2D eigenvalue weighted by molar-refractivity contribution is 5.78. The average molecular weight is 264 g/mol. The topological polar surface area (TPSA) is 32.3 Å². The summed E-state index contributed by atoms with van der Waals surface area (Å²) in [4.78, 5) is 14.2. The largest absolute Gasteiger partial charge is 0.354 e. The molecule has 1 heterocycles. The fourth-order valence-electron chi connectivity index (χ4n) is 2.62. The average Bonchev–Trinajstić information content (AvgIpc) is 2.86. The van der Waals surface area contributed by atoms with Crippen molar-refractivity contribution in [1.82, 2.24) is 10.2 Å². The van der Waals surface area contributed by atoms with Crippen molar-refractivity contribution in [2.45, 2.75) is 32.2 Å². The van der Waals surface area contributed by atoms with Crippen molar-refractivity contribution >= 4 is 5.91 Å². The lowest BCUT2D eigenvalue weighted by molar-refractivity contribution is -0.120. The Labute approximate surface area is 113 Å². The molecule has 3 nitrogen and oxygen atoms in total. The van der Waals surface area contributed by atoms with Gasteiger partial charge in [-0.2, -0.15) is 0 Å². The van der Waals surface area contributed by atoms with Crippen LogP contribution in [0.5, 0.6) is 0 Å². The van der Waals surface area contributed by atoms with Gasteiger partial charge in [0.05, 0.1) is 6.42 Å². The Bertz CT molecular complexity index is 419. The number of carbonyl (C=O) groups is 1. The first kappa shape index (κ1) is 14.0. The number of likely N-dealkylation sites (tertiary alicyclic amines) is 1. The van der Waals surface area contributed by atoms with E-state index in [0.29, 0.717) is 19.0 Å². The van der Waals surface area contributed by atoms with Crippen molar-refractivity contribution in [3.63, 3.8) is 0 Å². The second-order valence-corrected chi connectivity index (χ2v) is 5.03. The van der Waals surface area contributed by atoms with Crippen LogP contribution >= 0.6 is 0 Å². The minimum absolute atomic E-state index is 0.00885. The predicted octanol–water partition coefficient (Wildman–Crippen LogP) is 1.97. The summed E-state index contributed by atoms with van der Waals surface area (Å²) in [5.41, 5.74) is 0.845. The molecular weight excluding hydrogens is 243 g/mol. The fraction of sp³-hybridized carbons (Fsp3) is 0.533. The first-order valence-electron chi connectivity index (χ1n) is 6.94. The molecule has 1 aromatic rings. The second kappa shape index (κ2) is 6.66. The van der Waals surface area contributed by atoms with E-state index in [-0.39, 0.29) is 11.7 Å². The first-order valence-corrected chi connectivity index (χ1v) is 6.94. The number of nitrogens with zero attached hydrogens (tertiary/aromatic N) is 1. The minimum atomic E-state index is -0.270. The van der Waals surface area contributed by atoms with Crippen LogP contribution in [0.2, 0.25) is 0 Å². The molecule has 0 saturated carbocycles. The van der Waals surface area contributed by atoms with Gasteiger partial charge >= 0.3 is 0 Å². The van der Waals surface area contributed by atoms with Gasteiger partial charge in [0.1, 0.15) is 5.82 Å². The number of amides is 1. The van der Waals surface area contributed by atoms with Crippen molar-refractivity contribution in [2.24, 2.45) is 0 Å². The monoisotopic (exact) mass is 264 g/mol. The minimum Gasteiger partial charge on any atom is -0.354 e. The number of nitrogens with one attached hydrogen (secondary N) is 1. The molecule has 0 unspecified atom stereocenters. The molecule has 0 bridgehead atoms. The first-order chi connectivity index (χ1) is 9.19. The van der Waals surface area contributed by atoms with Gasteiger partial charge in [-0.25, -0.2) is 4.39 Å². The third kappa shape index (κ3) is 4.03. The second-order valence-electron chi connectivity index (χ2n) is 5.03. The third-order valence-corrected chi connectivity index (χ3v) is 3.72. The lowest BCUT2D eigenvalue weighted by atomic mass is 10.1. The molecule has 4 heteroatoms. The van der Waals surface area contributed by atoms with Crippen LogP contribution < -0.4 is 5.32 Å². The zero-order chi connectivity index (χ0) is 13.7. The molecule has 2 rings (SSSR count). The highest BCUT2D eigenvalue weighted by Crippen LogP contribution is 2.15. The molecule has 0 spiro atoms. The summed E-state index contributed by atoms with van der Waals surface area (Å²) in [5, 5.41) is 2.98. The van der Waals surface area contributed by atoms with Crippen LogP contribution in [0.4, 0.5) is 4.39 Å². The van der Waals surface area contributed by atoms with Gasteiger partial charge in [-0.15, -0.1) is 0 Å². The van der Waals surface area contributed by atoms with Crippen LogP contribution in [-0.2, 0) is 11.2 Å². The molecule has 0 aliphatic carbocycles. The number of carbonyl (C=O) groups excluding carboxylic acids is 1. The van der Waals surface area contributed by atoms with Gasteiger partial charge in [0.25, 0.3) is 0 Å². The normalized spacial score (nSPS) is 19.6. The summed E-state index contributed by atoms with van der Waals surface area (Å²) in [6.45, 7) is 5.04. The molecule has 0 aromatic heterocycles. The van der Waals surface area contributed by atoms with Crippen LogP contribution in [0.3, 0.4) is 0 Å². The summed E-state index contributed by atoms with van der Waals surface area (Å²) in [6.07, 6.45) is 2.69. The SMILES string of the molecule is CCN1CCC[C@@H]1CNC(=O)Cc1ccc(F)cc1. The smallest absolute Gasteiger partial charge is 0.224 e. The number of benzene rings is 1. The van der Waals surface area contributed by atoms with E-state index in [0.717, 1.165) is 25.1 Å². The Morgan fingerprint density at radius 2 is 2.16 bits per heavy atom. The van der Waals surface area contributed by atoms with Crippen molar-refractivity contribution in [3.05, 3.63) is 35.6 Å². The third-order valence-electron chi connectivity index (χ3n) is 3.72. The van der Waals surface area contributed by atoms with Gasteiger partial charge < -0.3 is 5.32 Å². The van der Waals surface area contributed by atoms with Gasteiger partial charge in [-0.1, -0.05) is 19.1 Å². The summed E-state index contributed by atoms with van der Waals surface area (Å²) >= 11 is 0. The van der Waals surface area contributed by atoms with E-state index in [1.165, 1.54) is 18.6 Å². The summed E-state index contributed by atoms with van der Waals surface area (Å²) in [7, 11) is 0. The summed E-state index contributed by atoms with van der Waals surface area (Å²) in [5.74, 6) is -0.261. The van der Waals surface area contributed by atoms with E-state index in [1.54, 1.807) is 12.1 Å². The number of likely N-dealkylation sites (N-methyl/N-ethyl adjacent to an activating group) is 1. The zero-order valence-corrected chi connectivity index (χ0v) is 11.4. The van der Waals surface area contributed by atoms with Crippen LogP contribution in [-0.4, -0.2) is 36.5 Å². The molecule has 1 aromatic carbocycles. The highest BCUT2D eigenvalue weighted by Gasteiger charge is 2.22. The van der Waals surface area contributed by atoms with Crippen molar-refractivity contribution < 1.29 is 9.18 Å². The van der Waals surface area contributed by atoms with Crippen LogP contribution in [0.1, 0.15) is 25.3 Å². The maximum atomic E-state index is 12.8.